The molecule has 0 saturated carbocycles. The van der Waals surface area contributed by atoms with E-state index in [4.69, 9.17) is 18.6 Å². The van der Waals surface area contributed by atoms with E-state index in [1.807, 2.05) is 24.3 Å². The third-order valence-corrected chi connectivity index (χ3v) is 4.92. The van der Waals surface area contributed by atoms with Gasteiger partial charge in [0.1, 0.15) is 36.3 Å². The van der Waals surface area contributed by atoms with E-state index < -0.39 is 0 Å². The number of furan rings is 1. The van der Waals surface area contributed by atoms with Crippen molar-refractivity contribution in [3.63, 3.8) is 0 Å². The molecule has 1 N–H and O–H groups in total. The van der Waals surface area contributed by atoms with Crippen LogP contribution in [-0.2, 0) is 17.9 Å². The van der Waals surface area contributed by atoms with Gasteiger partial charge in [-0.1, -0.05) is 12.1 Å². The van der Waals surface area contributed by atoms with Crippen molar-refractivity contribution in [1.82, 2.24) is 5.32 Å². The second-order valence-corrected chi connectivity index (χ2v) is 7.28. The Balaban J connectivity index is 1.21. The van der Waals surface area contributed by atoms with Crippen molar-refractivity contribution < 1.29 is 27.8 Å². The molecule has 7 heteroatoms. The first-order valence-electron chi connectivity index (χ1n) is 10.2. The lowest BCUT2D eigenvalue weighted by molar-refractivity contribution is 0.0679. The average Bonchev–Trinajstić information content (AvgIpc) is 3.49. The molecule has 0 aliphatic carbocycles. The molecule has 1 unspecified atom stereocenters. The highest BCUT2D eigenvalue weighted by atomic mass is 19.1. The summed E-state index contributed by atoms with van der Waals surface area (Å²) in [7, 11) is 0. The molecule has 6 nitrogen and oxygen atoms in total. The zero-order chi connectivity index (χ0) is 21.5. The van der Waals surface area contributed by atoms with Gasteiger partial charge in [0.05, 0.1) is 6.10 Å². The second kappa shape index (κ2) is 10.1. The standard InChI is InChI=1S/C24H24FNO5/c25-18-5-9-20(10-6-18)30-16-22-11-12-23(31-22)24(27)26-14-17-3-7-19(8-4-17)29-15-21-2-1-13-28-21/h3-12,21H,1-2,13-16H2,(H,26,27). The highest BCUT2D eigenvalue weighted by Crippen LogP contribution is 2.17. The topological polar surface area (TPSA) is 69.9 Å². The molecule has 3 aromatic rings. The van der Waals surface area contributed by atoms with E-state index in [0.29, 0.717) is 24.7 Å². The van der Waals surface area contributed by atoms with E-state index in [0.717, 1.165) is 30.8 Å². The number of nitrogens with one attached hydrogen (secondary N) is 1. The molecular weight excluding hydrogens is 401 g/mol. The largest absolute Gasteiger partial charge is 0.491 e. The van der Waals surface area contributed by atoms with E-state index >= 15 is 0 Å². The van der Waals surface area contributed by atoms with Crippen LogP contribution in [0, 0.1) is 5.82 Å². The molecule has 1 aliphatic heterocycles. The lowest BCUT2D eigenvalue weighted by Crippen LogP contribution is -2.22. The van der Waals surface area contributed by atoms with Gasteiger partial charge in [-0.15, -0.1) is 0 Å². The van der Waals surface area contributed by atoms with Crippen LogP contribution < -0.4 is 14.8 Å². The third-order valence-electron chi connectivity index (χ3n) is 4.92. The van der Waals surface area contributed by atoms with Crippen LogP contribution in [0.5, 0.6) is 11.5 Å². The molecule has 0 bridgehead atoms. The molecule has 1 fully saturated rings. The van der Waals surface area contributed by atoms with Crippen LogP contribution in [-0.4, -0.2) is 25.2 Å². The van der Waals surface area contributed by atoms with Crippen molar-refractivity contribution in [3.05, 3.63) is 83.6 Å². The number of amides is 1. The number of hydrogen-bond acceptors (Lipinski definition) is 5. The van der Waals surface area contributed by atoms with Crippen molar-refractivity contribution in [2.24, 2.45) is 0 Å². The molecule has 1 amide bonds. The molecule has 2 heterocycles. The summed E-state index contributed by atoms with van der Waals surface area (Å²) >= 11 is 0. The number of ether oxygens (including phenoxy) is 3. The predicted octanol–water partition coefficient (Wildman–Crippen LogP) is 4.49. The summed E-state index contributed by atoms with van der Waals surface area (Å²) in [6.45, 7) is 1.88. The number of rotatable bonds is 9. The molecule has 162 valence electrons. The van der Waals surface area contributed by atoms with Crippen LogP contribution in [0.2, 0.25) is 0 Å². The van der Waals surface area contributed by atoms with Crippen molar-refractivity contribution in [2.45, 2.75) is 32.1 Å². The maximum atomic E-state index is 12.9. The second-order valence-electron chi connectivity index (χ2n) is 7.28. The van der Waals surface area contributed by atoms with E-state index in [2.05, 4.69) is 5.32 Å². The van der Waals surface area contributed by atoms with Gasteiger partial charge in [0.15, 0.2) is 5.76 Å². The van der Waals surface area contributed by atoms with Crippen LogP contribution in [0.25, 0.3) is 0 Å². The lowest BCUT2D eigenvalue weighted by Gasteiger charge is -2.12. The Hall–Kier alpha value is -3.32. The molecule has 4 rings (SSSR count). The fourth-order valence-electron chi connectivity index (χ4n) is 3.20. The predicted molar refractivity (Wildman–Crippen MR) is 112 cm³/mol. The van der Waals surface area contributed by atoms with Crippen molar-refractivity contribution in [2.75, 3.05) is 13.2 Å². The highest BCUT2D eigenvalue weighted by Gasteiger charge is 2.16. The summed E-state index contributed by atoms with van der Waals surface area (Å²) in [6, 6.07) is 16.6. The fraction of sp³-hybridized carbons (Fsp3) is 0.292. The molecule has 1 aliphatic rings. The van der Waals surface area contributed by atoms with Crippen LogP contribution in [0.1, 0.15) is 34.7 Å². The quantitative estimate of drug-likeness (QED) is 0.547. The summed E-state index contributed by atoms with van der Waals surface area (Å²) in [4.78, 5) is 12.3. The number of hydrogen-bond donors (Lipinski definition) is 1. The first kappa shape index (κ1) is 20.9. The van der Waals surface area contributed by atoms with Gasteiger partial charge in [-0.05, 0) is 66.9 Å². The van der Waals surface area contributed by atoms with Crippen LogP contribution in [0.3, 0.4) is 0 Å². The Morgan fingerprint density at radius 1 is 1.00 bits per heavy atom. The van der Waals surface area contributed by atoms with Gasteiger partial charge >= 0.3 is 0 Å². The van der Waals surface area contributed by atoms with Gasteiger partial charge in [0.25, 0.3) is 5.91 Å². The molecule has 0 spiro atoms. The molecule has 2 aromatic carbocycles. The van der Waals surface area contributed by atoms with Gasteiger partial charge in [-0.3, -0.25) is 4.79 Å². The van der Waals surface area contributed by atoms with E-state index in [-0.39, 0.29) is 30.2 Å². The molecule has 1 atom stereocenters. The summed E-state index contributed by atoms with van der Waals surface area (Å²) in [5.41, 5.74) is 0.948. The Kier molecular flexibility index (Phi) is 6.84. The Morgan fingerprint density at radius 2 is 1.74 bits per heavy atom. The summed E-state index contributed by atoms with van der Waals surface area (Å²) in [5.74, 6) is 1.36. The molecule has 31 heavy (non-hydrogen) atoms. The summed E-state index contributed by atoms with van der Waals surface area (Å²) in [5, 5.41) is 2.83. The maximum Gasteiger partial charge on any atom is 0.287 e. The minimum atomic E-state index is -0.329. The SMILES string of the molecule is O=C(NCc1ccc(OCC2CCCO2)cc1)c1ccc(COc2ccc(F)cc2)o1. The average molecular weight is 425 g/mol. The van der Waals surface area contributed by atoms with E-state index in [9.17, 15) is 9.18 Å². The van der Waals surface area contributed by atoms with E-state index in [1.165, 1.54) is 24.3 Å². The zero-order valence-electron chi connectivity index (χ0n) is 17.0. The maximum absolute atomic E-state index is 12.9. The molecule has 0 radical (unpaired) electrons. The smallest absolute Gasteiger partial charge is 0.287 e. The van der Waals surface area contributed by atoms with Crippen molar-refractivity contribution >= 4 is 5.91 Å². The van der Waals surface area contributed by atoms with Crippen LogP contribution >= 0.6 is 0 Å². The van der Waals surface area contributed by atoms with Crippen LogP contribution in [0.4, 0.5) is 4.39 Å². The normalized spacial score (nSPS) is 15.6. The Bertz CT molecular complexity index is 978. The van der Waals surface area contributed by atoms with Gasteiger partial charge in [-0.2, -0.15) is 0 Å². The van der Waals surface area contributed by atoms with Gasteiger partial charge in [-0.25, -0.2) is 4.39 Å². The summed E-state index contributed by atoms with van der Waals surface area (Å²) < 4.78 is 35.3. The Labute approximate surface area is 179 Å². The van der Waals surface area contributed by atoms with Crippen molar-refractivity contribution in [1.29, 1.82) is 0 Å². The lowest BCUT2D eigenvalue weighted by atomic mass is 10.2. The minimum Gasteiger partial charge on any atom is -0.491 e. The minimum absolute atomic E-state index is 0.145. The Morgan fingerprint density at radius 3 is 2.48 bits per heavy atom. The molecule has 1 aromatic heterocycles. The molecule has 1 saturated heterocycles. The zero-order valence-corrected chi connectivity index (χ0v) is 17.0. The summed E-state index contributed by atoms with van der Waals surface area (Å²) in [6.07, 6.45) is 2.31. The van der Waals surface area contributed by atoms with Gasteiger partial charge < -0.3 is 23.9 Å². The van der Waals surface area contributed by atoms with Crippen molar-refractivity contribution in [3.8, 4) is 11.5 Å². The van der Waals surface area contributed by atoms with E-state index in [1.54, 1.807) is 12.1 Å². The van der Waals surface area contributed by atoms with Gasteiger partial charge in [0.2, 0.25) is 0 Å². The number of benzene rings is 2. The van der Waals surface area contributed by atoms with Gasteiger partial charge in [0, 0.05) is 13.2 Å². The number of carbonyl (C=O) groups excluding carboxylic acids is 1. The number of halogens is 1. The first-order valence-corrected chi connectivity index (χ1v) is 10.2. The highest BCUT2D eigenvalue weighted by molar-refractivity contribution is 5.91. The number of carbonyl (C=O) groups is 1. The third kappa shape index (κ3) is 6.08. The first-order chi connectivity index (χ1) is 15.2. The molecular formula is C24H24FNO5. The van der Waals surface area contributed by atoms with Crippen LogP contribution in [0.15, 0.2) is 65.1 Å². The monoisotopic (exact) mass is 425 g/mol. The fourth-order valence-corrected chi connectivity index (χ4v) is 3.20.